The summed E-state index contributed by atoms with van der Waals surface area (Å²) in [6.07, 6.45) is -6.29. The van der Waals surface area contributed by atoms with Gasteiger partial charge in [0, 0.05) is 11.4 Å². The number of carbonyl (C=O) groups is 1. The Morgan fingerprint density at radius 2 is 1.93 bits per heavy atom. The zero-order chi connectivity index (χ0) is 21.1. The third-order valence-electron chi connectivity index (χ3n) is 4.68. The molecular formula is C19H23NO8S. The molecule has 0 spiro atoms. The van der Waals surface area contributed by atoms with E-state index in [4.69, 9.17) is 9.47 Å². The van der Waals surface area contributed by atoms with Crippen LogP contribution in [0.2, 0.25) is 0 Å². The monoisotopic (exact) mass is 425 g/mol. The van der Waals surface area contributed by atoms with Crippen LogP contribution in [0.3, 0.4) is 0 Å². The van der Waals surface area contributed by atoms with Gasteiger partial charge in [0.25, 0.3) is 0 Å². The number of ketones is 1. The molecule has 0 aliphatic carbocycles. The Morgan fingerprint density at radius 3 is 2.55 bits per heavy atom. The zero-order valence-corrected chi connectivity index (χ0v) is 16.5. The van der Waals surface area contributed by atoms with Crippen molar-refractivity contribution in [3.8, 4) is 11.5 Å². The number of aromatic nitrogens is 1. The van der Waals surface area contributed by atoms with Gasteiger partial charge < -0.3 is 35.0 Å². The minimum atomic E-state index is -1.49. The second-order valence-corrected chi connectivity index (χ2v) is 7.88. The number of hydrogen-bond donors (Lipinski definition) is 5. The SMILES string of the molecule is Cc1nc(CC(=O)c2ccc(OC[C@@H]3O[C@@H](CO)[C@@H](O)[C@@H](O)[C@@H]3O)cc2O)cs1. The fourth-order valence-electron chi connectivity index (χ4n) is 3.08. The van der Waals surface area contributed by atoms with Crippen molar-refractivity contribution in [2.45, 2.75) is 43.9 Å². The van der Waals surface area contributed by atoms with E-state index in [2.05, 4.69) is 4.98 Å². The van der Waals surface area contributed by atoms with E-state index >= 15 is 0 Å². The lowest BCUT2D eigenvalue weighted by Gasteiger charge is -2.39. The molecule has 5 atom stereocenters. The van der Waals surface area contributed by atoms with Gasteiger partial charge in [0.2, 0.25) is 0 Å². The normalized spacial score (nSPS) is 27.0. The highest BCUT2D eigenvalue weighted by molar-refractivity contribution is 7.09. The molecule has 9 nitrogen and oxygen atoms in total. The lowest BCUT2D eigenvalue weighted by atomic mass is 9.95. The molecule has 3 rings (SSSR count). The van der Waals surface area contributed by atoms with Crippen molar-refractivity contribution >= 4 is 17.1 Å². The van der Waals surface area contributed by atoms with Crippen LogP contribution in [0.4, 0.5) is 0 Å². The predicted octanol–water partition coefficient (Wildman–Crippen LogP) is -0.196. The Morgan fingerprint density at radius 1 is 1.21 bits per heavy atom. The van der Waals surface area contributed by atoms with Gasteiger partial charge >= 0.3 is 0 Å². The van der Waals surface area contributed by atoms with Crippen LogP contribution >= 0.6 is 11.3 Å². The van der Waals surface area contributed by atoms with Crippen molar-refractivity contribution in [2.24, 2.45) is 0 Å². The number of hydrogen-bond acceptors (Lipinski definition) is 10. The van der Waals surface area contributed by atoms with Crippen LogP contribution < -0.4 is 4.74 Å². The Bertz CT molecular complexity index is 854. The maximum absolute atomic E-state index is 12.4. The highest BCUT2D eigenvalue weighted by atomic mass is 32.1. The number of ether oxygens (including phenoxy) is 2. The van der Waals surface area contributed by atoms with E-state index in [0.29, 0.717) is 5.69 Å². The second kappa shape index (κ2) is 9.16. The van der Waals surface area contributed by atoms with Crippen LogP contribution in [0.1, 0.15) is 21.1 Å². The van der Waals surface area contributed by atoms with Crippen molar-refractivity contribution in [1.82, 2.24) is 4.98 Å². The predicted molar refractivity (Wildman–Crippen MR) is 102 cm³/mol. The number of carbonyl (C=O) groups excluding carboxylic acids is 1. The van der Waals surface area contributed by atoms with Crippen LogP contribution in [-0.2, 0) is 11.2 Å². The number of aryl methyl sites for hydroxylation is 1. The average Bonchev–Trinajstić information content (AvgIpc) is 3.10. The first kappa shape index (κ1) is 21.6. The van der Waals surface area contributed by atoms with Crippen LogP contribution in [0.25, 0.3) is 0 Å². The molecule has 2 aromatic rings. The van der Waals surface area contributed by atoms with Gasteiger partial charge in [-0.2, -0.15) is 0 Å². The van der Waals surface area contributed by atoms with Crippen molar-refractivity contribution < 1.29 is 39.8 Å². The highest BCUT2D eigenvalue weighted by Crippen LogP contribution is 2.27. The fraction of sp³-hybridized carbons (Fsp3) is 0.474. The molecule has 158 valence electrons. The van der Waals surface area contributed by atoms with E-state index in [1.165, 1.54) is 29.5 Å². The molecule has 0 amide bonds. The van der Waals surface area contributed by atoms with Gasteiger partial charge in [-0.15, -0.1) is 11.3 Å². The lowest BCUT2D eigenvalue weighted by molar-refractivity contribution is -0.234. The number of phenolic OH excluding ortho intramolecular Hbond substituents is 1. The largest absolute Gasteiger partial charge is 0.507 e. The van der Waals surface area contributed by atoms with Gasteiger partial charge in [0.15, 0.2) is 5.78 Å². The Kier molecular flexibility index (Phi) is 6.83. The topological polar surface area (TPSA) is 150 Å². The minimum absolute atomic E-state index is 0.0724. The Balaban J connectivity index is 1.62. The third-order valence-corrected chi connectivity index (χ3v) is 5.51. The van der Waals surface area contributed by atoms with Crippen molar-refractivity contribution in [3.63, 3.8) is 0 Å². The first-order valence-electron chi connectivity index (χ1n) is 9.00. The number of rotatable bonds is 7. The summed E-state index contributed by atoms with van der Waals surface area (Å²) >= 11 is 1.44. The van der Waals surface area contributed by atoms with E-state index in [9.17, 15) is 30.3 Å². The van der Waals surface area contributed by atoms with Gasteiger partial charge in [-0.3, -0.25) is 4.79 Å². The van der Waals surface area contributed by atoms with E-state index < -0.39 is 37.1 Å². The second-order valence-electron chi connectivity index (χ2n) is 6.82. The molecule has 2 heterocycles. The first-order chi connectivity index (χ1) is 13.8. The standard InChI is InChI=1S/C19H23NO8S/c1-9-20-10(8-29-9)4-13(22)12-3-2-11(5-14(12)23)27-7-16-18(25)19(26)17(24)15(6-21)28-16/h2-3,5,8,15-19,21,23-26H,4,6-7H2,1H3/t15-,16-,17+,18+,19+/m0/s1. The molecule has 1 aromatic heterocycles. The van der Waals surface area contributed by atoms with Crippen LogP contribution in [-0.4, -0.2) is 80.0 Å². The Labute approximate surface area is 170 Å². The van der Waals surface area contributed by atoms with Crippen LogP contribution in [0.15, 0.2) is 23.6 Å². The maximum Gasteiger partial charge on any atom is 0.172 e. The minimum Gasteiger partial charge on any atom is -0.507 e. The van der Waals surface area contributed by atoms with Gasteiger partial charge in [-0.05, 0) is 19.1 Å². The number of aromatic hydroxyl groups is 1. The molecule has 1 aromatic carbocycles. The molecule has 0 saturated carbocycles. The van der Waals surface area contributed by atoms with E-state index in [1.807, 2.05) is 6.92 Å². The molecule has 0 bridgehead atoms. The van der Waals surface area contributed by atoms with Crippen LogP contribution in [0, 0.1) is 6.92 Å². The number of benzene rings is 1. The molecule has 29 heavy (non-hydrogen) atoms. The van der Waals surface area contributed by atoms with E-state index in [-0.39, 0.29) is 35.9 Å². The van der Waals surface area contributed by atoms with Gasteiger partial charge in [-0.25, -0.2) is 4.98 Å². The van der Waals surface area contributed by atoms with Gasteiger partial charge in [0.05, 0.1) is 29.3 Å². The summed E-state index contributed by atoms with van der Waals surface area (Å²) < 4.78 is 10.8. The number of Topliss-reactive ketones (excluding diaryl/α,β-unsaturated/α-hetero) is 1. The summed E-state index contributed by atoms with van der Waals surface area (Å²) in [5, 5.41) is 51.6. The van der Waals surface area contributed by atoms with Gasteiger partial charge in [-0.1, -0.05) is 0 Å². The van der Waals surface area contributed by atoms with Crippen molar-refractivity contribution in [1.29, 1.82) is 0 Å². The fourth-order valence-corrected chi connectivity index (χ4v) is 3.69. The number of phenols is 1. The zero-order valence-electron chi connectivity index (χ0n) is 15.6. The summed E-state index contributed by atoms with van der Waals surface area (Å²) in [6.45, 7) is 1.11. The molecule has 10 heteroatoms. The van der Waals surface area contributed by atoms with E-state index in [1.54, 1.807) is 5.38 Å². The molecule has 1 aliphatic rings. The molecular weight excluding hydrogens is 402 g/mol. The summed E-state index contributed by atoms with van der Waals surface area (Å²) in [5.74, 6) is -0.318. The summed E-state index contributed by atoms with van der Waals surface area (Å²) in [6, 6.07) is 4.19. The third kappa shape index (κ3) is 4.92. The van der Waals surface area contributed by atoms with Gasteiger partial charge in [0.1, 0.15) is 48.6 Å². The van der Waals surface area contributed by atoms with Crippen LogP contribution in [0.5, 0.6) is 11.5 Å². The summed E-state index contributed by atoms with van der Waals surface area (Å²) in [7, 11) is 0. The number of thiazole rings is 1. The lowest BCUT2D eigenvalue weighted by Crippen LogP contribution is -2.59. The summed E-state index contributed by atoms with van der Waals surface area (Å²) in [5.41, 5.74) is 0.774. The quantitative estimate of drug-likeness (QED) is 0.380. The Hall–Kier alpha value is -2.08. The van der Waals surface area contributed by atoms with Crippen molar-refractivity contribution in [3.05, 3.63) is 39.8 Å². The molecule has 0 radical (unpaired) electrons. The number of aliphatic hydroxyl groups is 4. The van der Waals surface area contributed by atoms with Crippen molar-refractivity contribution in [2.75, 3.05) is 13.2 Å². The van der Waals surface area contributed by atoms with E-state index in [0.717, 1.165) is 5.01 Å². The maximum atomic E-state index is 12.4. The first-order valence-corrected chi connectivity index (χ1v) is 9.88. The molecule has 1 fully saturated rings. The summed E-state index contributed by atoms with van der Waals surface area (Å²) in [4.78, 5) is 16.6. The molecule has 1 aliphatic heterocycles. The number of aliphatic hydroxyl groups excluding tert-OH is 4. The number of nitrogens with zero attached hydrogens (tertiary/aromatic N) is 1. The average molecular weight is 425 g/mol. The highest BCUT2D eigenvalue weighted by Gasteiger charge is 2.43. The molecule has 1 saturated heterocycles. The molecule has 5 N–H and O–H groups in total. The molecule has 0 unspecified atom stereocenters. The smallest absolute Gasteiger partial charge is 0.172 e.